The van der Waals surface area contributed by atoms with E-state index in [0.717, 1.165) is 68.0 Å². The molecule has 2 N–H and O–H groups in total. The Kier molecular flexibility index (Phi) is 5.91. The zero-order valence-electron chi connectivity index (χ0n) is 18.7. The monoisotopic (exact) mass is 455 g/mol. The molecule has 3 aromatic rings. The van der Waals surface area contributed by atoms with Crippen molar-refractivity contribution in [3.63, 3.8) is 0 Å². The third kappa shape index (κ3) is 4.32. The number of hydrogen-bond acceptors (Lipinski definition) is 9. The standard InChI is InChI=1S/C24H25N9O/c1-3-17-14-26-24(31-28-17)25-13-16-8-11-33(15-16)22-19-7-6-18(27-21(34)4-2)12-20(19)23(30-29-22)32-9-5-10-32/h1,4,6-7,12,14,16H,2,5,8-11,13,15H2,(H,27,34)(H,25,26,31). The van der Waals surface area contributed by atoms with Gasteiger partial charge in [0.1, 0.15) is 0 Å². The average Bonchev–Trinajstić information content (AvgIpc) is 3.31. The molecule has 0 bridgehead atoms. The van der Waals surface area contributed by atoms with Crippen molar-refractivity contribution in [3.05, 3.63) is 42.7 Å². The van der Waals surface area contributed by atoms with Gasteiger partial charge in [-0.3, -0.25) is 4.79 Å². The number of carbonyl (C=O) groups is 1. The summed E-state index contributed by atoms with van der Waals surface area (Å²) in [4.78, 5) is 20.5. The van der Waals surface area contributed by atoms with Gasteiger partial charge in [-0.2, -0.15) is 0 Å². The molecule has 0 spiro atoms. The highest BCUT2D eigenvalue weighted by atomic mass is 16.1. The highest BCUT2D eigenvalue weighted by Crippen LogP contribution is 2.36. The maximum Gasteiger partial charge on any atom is 0.247 e. The van der Waals surface area contributed by atoms with E-state index in [2.05, 4.69) is 58.3 Å². The molecular formula is C24H25N9O. The Labute approximate surface area is 197 Å². The van der Waals surface area contributed by atoms with Gasteiger partial charge in [-0.25, -0.2) is 4.98 Å². The normalized spacial score (nSPS) is 17.2. The Bertz CT molecular complexity index is 1260. The lowest BCUT2D eigenvalue weighted by molar-refractivity contribution is -0.111. The van der Waals surface area contributed by atoms with Gasteiger partial charge in [-0.1, -0.05) is 6.58 Å². The van der Waals surface area contributed by atoms with Crippen molar-refractivity contribution in [1.29, 1.82) is 0 Å². The fourth-order valence-corrected chi connectivity index (χ4v) is 4.24. The molecule has 10 heteroatoms. The second-order valence-electron chi connectivity index (χ2n) is 8.43. The number of hydrogen-bond donors (Lipinski definition) is 2. The zero-order chi connectivity index (χ0) is 23.5. The number of fused-ring (bicyclic) bond motifs is 1. The van der Waals surface area contributed by atoms with E-state index in [1.165, 1.54) is 12.3 Å². The van der Waals surface area contributed by atoms with Crippen LogP contribution in [-0.2, 0) is 4.79 Å². The van der Waals surface area contributed by atoms with Gasteiger partial charge in [-0.15, -0.1) is 26.8 Å². The van der Waals surface area contributed by atoms with E-state index in [1.54, 1.807) is 0 Å². The van der Waals surface area contributed by atoms with Crippen LogP contribution < -0.4 is 20.4 Å². The average molecular weight is 456 g/mol. The fourth-order valence-electron chi connectivity index (χ4n) is 4.24. The summed E-state index contributed by atoms with van der Waals surface area (Å²) in [6.45, 7) is 7.89. The number of benzene rings is 1. The van der Waals surface area contributed by atoms with Gasteiger partial charge < -0.3 is 20.4 Å². The van der Waals surface area contributed by atoms with Crippen LogP contribution in [0.25, 0.3) is 10.8 Å². The zero-order valence-corrected chi connectivity index (χ0v) is 18.7. The number of carbonyl (C=O) groups excluding carboxylic acids is 1. The molecule has 2 aliphatic rings. The van der Waals surface area contributed by atoms with Gasteiger partial charge in [0, 0.05) is 49.2 Å². The molecule has 1 unspecified atom stereocenters. The largest absolute Gasteiger partial charge is 0.354 e. The molecule has 10 nitrogen and oxygen atoms in total. The van der Waals surface area contributed by atoms with Gasteiger partial charge in [0.25, 0.3) is 0 Å². The molecule has 34 heavy (non-hydrogen) atoms. The Morgan fingerprint density at radius 1 is 1.15 bits per heavy atom. The highest BCUT2D eigenvalue weighted by Gasteiger charge is 2.27. The Morgan fingerprint density at radius 2 is 1.97 bits per heavy atom. The van der Waals surface area contributed by atoms with Crippen molar-refractivity contribution in [2.24, 2.45) is 5.92 Å². The van der Waals surface area contributed by atoms with Crippen molar-refractivity contribution in [2.45, 2.75) is 12.8 Å². The number of amides is 1. The van der Waals surface area contributed by atoms with E-state index in [4.69, 9.17) is 6.42 Å². The van der Waals surface area contributed by atoms with E-state index in [0.29, 0.717) is 23.2 Å². The molecule has 2 fully saturated rings. The van der Waals surface area contributed by atoms with Crippen LogP contribution in [0.5, 0.6) is 0 Å². The lowest BCUT2D eigenvalue weighted by Gasteiger charge is -2.33. The molecule has 1 aromatic carbocycles. The first-order chi connectivity index (χ1) is 16.6. The number of nitrogens with zero attached hydrogens (tertiary/aromatic N) is 7. The Hall–Kier alpha value is -4.26. The highest BCUT2D eigenvalue weighted by molar-refractivity contribution is 6.04. The predicted molar refractivity (Wildman–Crippen MR) is 132 cm³/mol. The van der Waals surface area contributed by atoms with E-state index in [9.17, 15) is 4.79 Å². The number of rotatable bonds is 7. The van der Waals surface area contributed by atoms with Crippen molar-refractivity contribution < 1.29 is 4.79 Å². The third-order valence-electron chi connectivity index (χ3n) is 6.19. The second kappa shape index (κ2) is 9.31. The summed E-state index contributed by atoms with van der Waals surface area (Å²) in [6, 6.07) is 5.88. The summed E-state index contributed by atoms with van der Waals surface area (Å²) < 4.78 is 0. The van der Waals surface area contributed by atoms with Crippen LogP contribution in [0.15, 0.2) is 37.1 Å². The van der Waals surface area contributed by atoms with Crippen LogP contribution in [-0.4, -0.2) is 64.0 Å². The Balaban J connectivity index is 1.35. The van der Waals surface area contributed by atoms with Gasteiger partial charge in [0.05, 0.1) is 6.20 Å². The van der Waals surface area contributed by atoms with E-state index < -0.39 is 0 Å². The summed E-state index contributed by atoms with van der Waals surface area (Å²) in [6.07, 6.45) is 10.2. The van der Waals surface area contributed by atoms with Crippen molar-refractivity contribution in [2.75, 3.05) is 53.2 Å². The summed E-state index contributed by atoms with van der Waals surface area (Å²) in [5.74, 6) is 4.76. The summed E-state index contributed by atoms with van der Waals surface area (Å²) >= 11 is 0. The van der Waals surface area contributed by atoms with Crippen LogP contribution in [0.1, 0.15) is 18.5 Å². The van der Waals surface area contributed by atoms with Crippen LogP contribution in [0.2, 0.25) is 0 Å². The first kappa shape index (κ1) is 21.6. The molecular weight excluding hydrogens is 430 g/mol. The third-order valence-corrected chi connectivity index (χ3v) is 6.19. The molecule has 1 atom stereocenters. The first-order valence-electron chi connectivity index (χ1n) is 11.3. The minimum atomic E-state index is -0.241. The first-order valence-corrected chi connectivity index (χ1v) is 11.3. The number of nitrogens with one attached hydrogen (secondary N) is 2. The maximum atomic E-state index is 11.8. The van der Waals surface area contributed by atoms with Crippen molar-refractivity contribution in [3.8, 4) is 12.3 Å². The second-order valence-corrected chi connectivity index (χ2v) is 8.43. The predicted octanol–water partition coefficient (Wildman–Crippen LogP) is 2.07. The number of aromatic nitrogens is 5. The van der Waals surface area contributed by atoms with Crippen LogP contribution >= 0.6 is 0 Å². The van der Waals surface area contributed by atoms with Gasteiger partial charge >= 0.3 is 0 Å². The molecule has 2 aromatic heterocycles. The van der Waals surface area contributed by atoms with E-state index in [-0.39, 0.29) is 5.91 Å². The molecule has 0 saturated carbocycles. The molecule has 2 saturated heterocycles. The molecule has 0 aliphatic carbocycles. The number of terminal acetylenes is 1. The molecule has 2 aliphatic heterocycles. The summed E-state index contributed by atoms with van der Waals surface area (Å²) in [7, 11) is 0. The smallest absolute Gasteiger partial charge is 0.247 e. The van der Waals surface area contributed by atoms with Crippen LogP contribution in [0, 0.1) is 18.3 Å². The minimum Gasteiger partial charge on any atom is -0.354 e. The summed E-state index contributed by atoms with van der Waals surface area (Å²) in [5.41, 5.74) is 1.13. The van der Waals surface area contributed by atoms with Crippen LogP contribution in [0.4, 0.5) is 23.3 Å². The minimum absolute atomic E-state index is 0.241. The quantitative estimate of drug-likeness (QED) is 0.408. The summed E-state index contributed by atoms with van der Waals surface area (Å²) in [5, 5.41) is 25.3. The fraction of sp³-hybridized carbons (Fsp3) is 0.333. The van der Waals surface area contributed by atoms with Crippen molar-refractivity contribution in [1.82, 2.24) is 25.4 Å². The lowest BCUT2D eigenvalue weighted by atomic mass is 10.1. The molecule has 1 amide bonds. The topological polar surface area (TPSA) is 112 Å². The molecule has 5 rings (SSSR count). The van der Waals surface area contributed by atoms with Crippen molar-refractivity contribution >= 4 is 40.0 Å². The molecule has 0 radical (unpaired) electrons. The SMILES string of the molecule is C#Cc1cnc(NCC2CCN(c3nnc(N4CCC4)c4cc(NC(=O)C=C)ccc34)C2)nn1. The Morgan fingerprint density at radius 3 is 2.65 bits per heavy atom. The molecule has 172 valence electrons. The lowest BCUT2D eigenvalue weighted by Crippen LogP contribution is -2.38. The maximum absolute atomic E-state index is 11.8. The van der Waals surface area contributed by atoms with Gasteiger partial charge in [0.2, 0.25) is 11.9 Å². The van der Waals surface area contributed by atoms with E-state index in [1.807, 2.05) is 18.2 Å². The van der Waals surface area contributed by atoms with E-state index >= 15 is 0 Å². The van der Waals surface area contributed by atoms with Gasteiger partial charge in [0.15, 0.2) is 17.3 Å². The number of anilines is 4. The van der Waals surface area contributed by atoms with Crippen LogP contribution in [0.3, 0.4) is 0 Å². The van der Waals surface area contributed by atoms with Gasteiger partial charge in [-0.05, 0) is 49.0 Å². The molecule has 4 heterocycles.